The van der Waals surface area contributed by atoms with Crippen molar-refractivity contribution in [1.29, 1.82) is 0 Å². The number of hydrogen-bond donors (Lipinski definition) is 1. The number of benzene rings is 1. The van der Waals surface area contributed by atoms with Gasteiger partial charge in [0.15, 0.2) is 0 Å². The van der Waals surface area contributed by atoms with Crippen LogP contribution in [0.15, 0.2) is 36.8 Å². The molecule has 0 aliphatic carbocycles. The van der Waals surface area contributed by atoms with E-state index < -0.39 is 16.9 Å². The Morgan fingerprint density at radius 1 is 1.41 bits per heavy atom. The SMILES string of the molecule is Cc1c([N+](=O)[O-])cnn1C(C)C(=O)Nc1ncn(Cc2ccccc2Cl)n1. The summed E-state index contributed by atoms with van der Waals surface area (Å²) in [6.07, 6.45) is 2.60. The highest BCUT2D eigenvalue weighted by molar-refractivity contribution is 6.31. The Morgan fingerprint density at radius 3 is 2.81 bits per heavy atom. The zero-order chi connectivity index (χ0) is 19.6. The molecule has 0 aliphatic rings. The largest absolute Gasteiger partial charge is 0.309 e. The molecule has 1 unspecified atom stereocenters. The number of aromatic nitrogens is 5. The van der Waals surface area contributed by atoms with Crippen molar-refractivity contribution in [2.24, 2.45) is 0 Å². The van der Waals surface area contributed by atoms with Gasteiger partial charge in [-0.3, -0.25) is 24.9 Å². The van der Waals surface area contributed by atoms with E-state index in [1.807, 2.05) is 18.2 Å². The molecule has 27 heavy (non-hydrogen) atoms. The molecule has 10 nitrogen and oxygen atoms in total. The van der Waals surface area contributed by atoms with Crippen LogP contribution in [0.1, 0.15) is 24.2 Å². The summed E-state index contributed by atoms with van der Waals surface area (Å²) in [5.74, 6) is -0.315. The number of nitrogens with one attached hydrogen (secondary N) is 1. The summed E-state index contributed by atoms with van der Waals surface area (Å²) in [4.78, 5) is 26.8. The van der Waals surface area contributed by atoms with Gasteiger partial charge in [0.1, 0.15) is 24.3 Å². The lowest BCUT2D eigenvalue weighted by Gasteiger charge is -2.12. The van der Waals surface area contributed by atoms with Crippen LogP contribution < -0.4 is 5.32 Å². The molecule has 0 saturated carbocycles. The lowest BCUT2D eigenvalue weighted by Crippen LogP contribution is -2.25. The maximum absolute atomic E-state index is 12.4. The van der Waals surface area contributed by atoms with Gasteiger partial charge in [-0.05, 0) is 25.5 Å². The van der Waals surface area contributed by atoms with Gasteiger partial charge in [-0.2, -0.15) is 5.10 Å². The van der Waals surface area contributed by atoms with Gasteiger partial charge in [0.25, 0.3) is 5.91 Å². The van der Waals surface area contributed by atoms with Gasteiger partial charge in [0, 0.05) is 5.02 Å². The van der Waals surface area contributed by atoms with Gasteiger partial charge in [0.2, 0.25) is 5.95 Å². The van der Waals surface area contributed by atoms with E-state index in [1.165, 1.54) is 17.9 Å². The highest BCUT2D eigenvalue weighted by atomic mass is 35.5. The van der Waals surface area contributed by atoms with Crippen LogP contribution >= 0.6 is 11.6 Å². The van der Waals surface area contributed by atoms with E-state index in [0.29, 0.717) is 17.3 Å². The van der Waals surface area contributed by atoms with Gasteiger partial charge < -0.3 is 0 Å². The van der Waals surface area contributed by atoms with Crippen LogP contribution in [-0.2, 0) is 11.3 Å². The lowest BCUT2D eigenvalue weighted by molar-refractivity contribution is -0.385. The van der Waals surface area contributed by atoms with Crippen molar-refractivity contribution >= 4 is 29.1 Å². The summed E-state index contributed by atoms with van der Waals surface area (Å²) in [6.45, 7) is 3.52. The number of nitro groups is 1. The predicted molar refractivity (Wildman–Crippen MR) is 97.5 cm³/mol. The Morgan fingerprint density at radius 2 is 2.15 bits per heavy atom. The first-order valence-electron chi connectivity index (χ1n) is 7.99. The minimum Gasteiger partial charge on any atom is -0.291 e. The fourth-order valence-electron chi connectivity index (χ4n) is 2.54. The van der Waals surface area contributed by atoms with E-state index in [9.17, 15) is 14.9 Å². The summed E-state index contributed by atoms with van der Waals surface area (Å²) < 4.78 is 2.83. The maximum atomic E-state index is 12.4. The second-order valence-electron chi connectivity index (χ2n) is 5.84. The van der Waals surface area contributed by atoms with Crippen molar-refractivity contribution in [3.8, 4) is 0 Å². The van der Waals surface area contributed by atoms with Crippen molar-refractivity contribution in [3.63, 3.8) is 0 Å². The number of halogens is 1. The Balaban J connectivity index is 1.69. The predicted octanol–water partition coefficient (Wildman–Crippen LogP) is 2.59. The van der Waals surface area contributed by atoms with Gasteiger partial charge in [-0.15, -0.1) is 5.10 Å². The molecule has 3 rings (SSSR count). The van der Waals surface area contributed by atoms with E-state index >= 15 is 0 Å². The Labute approximate surface area is 158 Å². The monoisotopic (exact) mass is 389 g/mol. The lowest BCUT2D eigenvalue weighted by atomic mass is 10.2. The number of carbonyl (C=O) groups is 1. The van der Waals surface area contributed by atoms with E-state index in [4.69, 9.17) is 11.6 Å². The quantitative estimate of drug-likeness (QED) is 0.511. The third-order valence-corrected chi connectivity index (χ3v) is 4.39. The molecule has 2 heterocycles. The van der Waals surface area contributed by atoms with E-state index in [0.717, 1.165) is 11.8 Å². The third-order valence-electron chi connectivity index (χ3n) is 4.02. The molecule has 11 heteroatoms. The highest BCUT2D eigenvalue weighted by Crippen LogP contribution is 2.20. The Hall–Kier alpha value is -3.27. The van der Waals surface area contributed by atoms with E-state index in [-0.39, 0.29) is 11.6 Å². The average molecular weight is 390 g/mol. The molecule has 0 radical (unpaired) electrons. The molecular formula is C16H16ClN7O3. The highest BCUT2D eigenvalue weighted by Gasteiger charge is 2.24. The van der Waals surface area contributed by atoms with E-state index in [2.05, 4.69) is 20.5 Å². The Kier molecular flexibility index (Phi) is 5.17. The molecule has 1 atom stereocenters. The van der Waals surface area contributed by atoms with E-state index in [1.54, 1.807) is 17.7 Å². The fourth-order valence-corrected chi connectivity index (χ4v) is 2.73. The van der Waals surface area contributed by atoms with Crippen LogP contribution in [0.25, 0.3) is 0 Å². The minimum absolute atomic E-state index is 0.123. The molecular weight excluding hydrogens is 374 g/mol. The number of nitrogens with zero attached hydrogens (tertiary/aromatic N) is 6. The van der Waals surface area contributed by atoms with Gasteiger partial charge in [0.05, 0.1) is 11.5 Å². The van der Waals surface area contributed by atoms with Crippen LogP contribution in [0, 0.1) is 17.0 Å². The third kappa shape index (κ3) is 3.95. The number of anilines is 1. The van der Waals surface area contributed by atoms with Gasteiger partial charge in [-0.1, -0.05) is 29.8 Å². The first-order chi connectivity index (χ1) is 12.9. The average Bonchev–Trinajstić information content (AvgIpc) is 3.22. The van der Waals surface area contributed by atoms with Crippen molar-refractivity contribution in [2.45, 2.75) is 26.4 Å². The molecule has 0 spiro atoms. The maximum Gasteiger partial charge on any atom is 0.309 e. The van der Waals surface area contributed by atoms with Crippen LogP contribution in [-0.4, -0.2) is 35.4 Å². The van der Waals surface area contributed by atoms with Crippen LogP contribution in [0.3, 0.4) is 0 Å². The van der Waals surface area contributed by atoms with Crippen molar-refractivity contribution in [3.05, 3.63) is 63.2 Å². The van der Waals surface area contributed by atoms with Crippen molar-refractivity contribution in [1.82, 2.24) is 24.5 Å². The summed E-state index contributed by atoms with van der Waals surface area (Å²) in [7, 11) is 0. The number of rotatable bonds is 6. The zero-order valence-corrected chi connectivity index (χ0v) is 15.3. The number of carbonyl (C=O) groups excluding carboxylic acids is 1. The summed E-state index contributed by atoms with van der Waals surface area (Å²) >= 11 is 6.12. The molecule has 2 aromatic heterocycles. The number of hydrogen-bond acceptors (Lipinski definition) is 6. The molecule has 0 bridgehead atoms. The molecule has 3 aromatic rings. The normalized spacial score (nSPS) is 12.0. The van der Waals surface area contributed by atoms with Crippen LogP contribution in [0.5, 0.6) is 0 Å². The van der Waals surface area contributed by atoms with Crippen molar-refractivity contribution in [2.75, 3.05) is 5.32 Å². The molecule has 0 saturated heterocycles. The van der Waals surface area contributed by atoms with Crippen LogP contribution in [0.2, 0.25) is 5.02 Å². The molecule has 1 aromatic carbocycles. The smallest absolute Gasteiger partial charge is 0.291 e. The second-order valence-corrected chi connectivity index (χ2v) is 6.25. The number of amides is 1. The molecule has 140 valence electrons. The topological polar surface area (TPSA) is 121 Å². The first-order valence-corrected chi connectivity index (χ1v) is 8.37. The molecule has 0 fully saturated rings. The Bertz CT molecular complexity index is 998. The summed E-state index contributed by atoms with van der Waals surface area (Å²) in [5, 5.41) is 22.2. The van der Waals surface area contributed by atoms with Gasteiger partial charge >= 0.3 is 5.69 Å². The van der Waals surface area contributed by atoms with Crippen molar-refractivity contribution < 1.29 is 9.72 Å². The molecule has 0 aliphatic heterocycles. The summed E-state index contributed by atoms with van der Waals surface area (Å²) in [6, 6.07) is 6.59. The van der Waals surface area contributed by atoms with Crippen LogP contribution in [0.4, 0.5) is 11.6 Å². The van der Waals surface area contributed by atoms with Gasteiger partial charge in [-0.25, -0.2) is 9.67 Å². The zero-order valence-electron chi connectivity index (χ0n) is 14.5. The molecule has 1 N–H and O–H groups in total. The molecule has 1 amide bonds. The first kappa shape index (κ1) is 18.5. The standard InChI is InChI=1S/C16H16ClN7O3/c1-10-14(24(26)27)7-19-23(10)11(2)15(25)20-16-18-9-22(21-16)8-12-5-3-4-6-13(12)17/h3-7,9,11H,8H2,1-2H3,(H,20,21,25). The minimum atomic E-state index is -0.769. The summed E-state index contributed by atoms with van der Waals surface area (Å²) in [5.41, 5.74) is 1.02. The fraction of sp³-hybridized carbons (Fsp3) is 0.250. The second kappa shape index (κ2) is 7.54.